The average Bonchev–Trinajstić information content (AvgIpc) is 3.73. The highest BCUT2D eigenvalue weighted by molar-refractivity contribution is 5.99. The SMILES string of the molecule is Cc1c(C)n(Cc2cccc(NC(C)C(=O)O)c2)c2ccc(C(=O)NC(C)c3cccc(C4CC4)c3)cc12. The molecule has 0 radical (unpaired) electrons. The number of nitrogens with zero attached hydrogens (tertiary/aromatic N) is 1. The van der Waals surface area contributed by atoms with Crippen molar-refractivity contribution in [2.75, 3.05) is 5.32 Å². The zero-order chi connectivity index (χ0) is 27.0. The third-order valence-electron chi connectivity index (χ3n) is 7.73. The van der Waals surface area contributed by atoms with E-state index in [0.29, 0.717) is 18.0 Å². The molecule has 1 saturated carbocycles. The van der Waals surface area contributed by atoms with Crippen LogP contribution in [-0.4, -0.2) is 27.6 Å². The van der Waals surface area contributed by atoms with Gasteiger partial charge in [0.05, 0.1) is 6.04 Å². The van der Waals surface area contributed by atoms with E-state index in [0.717, 1.165) is 39.0 Å². The molecular formula is C32H35N3O3. The summed E-state index contributed by atoms with van der Waals surface area (Å²) in [6, 6.07) is 21.6. The van der Waals surface area contributed by atoms with Crippen LogP contribution < -0.4 is 10.6 Å². The number of carboxylic acids is 1. The summed E-state index contributed by atoms with van der Waals surface area (Å²) in [7, 11) is 0. The van der Waals surface area contributed by atoms with E-state index in [1.807, 2.05) is 49.4 Å². The molecule has 6 heteroatoms. The van der Waals surface area contributed by atoms with Crippen molar-refractivity contribution in [1.29, 1.82) is 0 Å². The third-order valence-corrected chi connectivity index (χ3v) is 7.73. The summed E-state index contributed by atoms with van der Waals surface area (Å²) in [5.74, 6) is -0.283. The number of carbonyl (C=O) groups excluding carboxylic acids is 1. The zero-order valence-electron chi connectivity index (χ0n) is 22.4. The number of fused-ring (bicyclic) bond motifs is 1. The lowest BCUT2D eigenvalue weighted by molar-refractivity contribution is -0.137. The fourth-order valence-electron chi connectivity index (χ4n) is 5.11. The third kappa shape index (κ3) is 5.30. The number of aromatic nitrogens is 1. The summed E-state index contributed by atoms with van der Waals surface area (Å²) in [4.78, 5) is 24.4. The minimum atomic E-state index is -0.890. The molecule has 1 amide bonds. The number of hydrogen-bond acceptors (Lipinski definition) is 3. The van der Waals surface area contributed by atoms with E-state index >= 15 is 0 Å². The molecule has 1 aliphatic rings. The second kappa shape index (κ2) is 10.4. The van der Waals surface area contributed by atoms with Gasteiger partial charge in [-0.15, -0.1) is 0 Å². The molecule has 2 atom stereocenters. The minimum Gasteiger partial charge on any atom is -0.480 e. The van der Waals surface area contributed by atoms with Crippen molar-refractivity contribution in [2.45, 2.75) is 65.1 Å². The normalized spacial score (nSPS) is 14.7. The molecule has 196 valence electrons. The number of carboxylic acid groups (broad SMARTS) is 1. The summed E-state index contributed by atoms with van der Waals surface area (Å²) in [6.45, 7) is 8.50. The van der Waals surface area contributed by atoms with Crippen LogP contribution in [-0.2, 0) is 11.3 Å². The first-order chi connectivity index (χ1) is 18.2. The van der Waals surface area contributed by atoms with Crippen molar-refractivity contribution in [2.24, 2.45) is 0 Å². The van der Waals surface area contributed by atoms with E-state index in [4.69, 9.17) is 0 Å². The Kier molecular flexibility index (Phi) is 6.98. The summed E-state index contributed by atoms with van der Waals surface area (Å²) in [5.41, 5.74) is 8.35. The maximum atomic E-state index is 13.2. The van der Waals surface area contributed by atoms with Crippen molar-refractivity contribution in [1.82, 2.24) is 9.88 Å². The predicted octanol–water partition coefficient (Wildman–Crippen LogP) is 6.56. The number of anilines is 1. The molecule has 3 aromatic carbocycles. The smallest absolute Gasteiger partial charge is 0.325 e. The highest BCUT2D eigenvalue weighted by atomic mass is 16.4. The largest absolute Gasteiger partial charge is 0.480 e. The molecule has 5 rings (SSSR count). The number of benzene rings is 3. The fraction of sp³-hybridized carbons (Fsp3) is 0.312. The van der Waals surface area contributed by atoms with Gasteiger partial charge in [-0.25, -0.2) is 0 Å². The zero-order valence-corrected chi connectivity index (χ0v) is 22.4. The van der Waals surface area contributed by atoms with Crippen LogP contribution in [0.5, 0.6) is 0 Å². The van der Waals surface area contributed by atoms with Crippen molar-refractivity contribution in [3.63, 3.8) is 0 Å². The molecule has 1 aliphatic carbocycles. The Morgan fingerprint density at radius 3 is 2.50 bits per heavy atom. The lowest BCUT2D eigenvalue weighted by Gasteiger charge is -2.16. The lowest BCUT2D eigenvalue weighted by Crippen LogP contribution is -2.26. The van der Waals surface area contributed by atoms with E-state index in [-0.39, 0.29) is 11.9 Å². The van der Waals surface area contributed by atoms with Gasteiger partial charge >= 0.3 is 5.97 Å². The second-order valence-electron chi connectivity index (χ2n) is 10.6. The van der Waals surface area contributed by atoms with Gasteiger partial charge in [0, 0.05) is 34.4 Å². The topological polar surface area (TPSA) is 83.4 Å². The number of aliphatic carboxylic acids is 1. The Balaban J connectivity index is 1.35. The lowest BCUT2D eigenvalue weighted by atomic mass is 10.0. The van der Waals surface area contributed by atoms with Gasteiger partial charge in [0.2, 0.25) is 0 Å². The molecule has 1 heterocycles. The first-order valence-electron chi connectivity index (χ1n) is 13.3. The molecule has 6 nitrogen and oxygen atoms in total. The first-order valence-corrected chi connectivity index (χ1v) is 13.3. The molecule has 38 heavy (non-hydrogen) atoms. The Labute approximate surface area is 223 Å². The summed E-state index contributed by atoms with van der Waals surface area (Å²) in [6.07, 6.45) is 2.52. The van der Waals surface area contributed by atoms with Crippen LogP contribution in [0.15, 0.2) is 66.7 Å². The van der Waals surface area contributed by atoms with E-state index in [1.54, 1.807) is 6.92 Å². The minimum absolute atomic E-state index is 0.0749. The van der Waals surface area contributed by atoms with Crippen molar-refractivity contribution in [3.05, 3.63) is 100 Å². The molecule has 3 N–H and O–H groups in total. The number of aryl methyl sites for hydroxylation is 1. The van der Waals surface area contributed by atoms with Gasteiger partial charge in [-0.2, -0.15) is 0 Å². The Hall–Kier alpha value is -4.06. The molecule has 0 bridgehead atoms. The standard InChI is InChI=1S/C32H35N3O3/c1-19-22(4)35(18-23-7-5-10-28(15-23)33-21(3)32(37)38)30-14-13-27(17-29(19)30)31(36)34-20(2)25-8-6-9-26(16-25)24-11-12-24/h5-10,13-17,20-21,24,33H,11-12,18H2,1-4H3,(H,34,36)(H,37,38). The second-order valence-corrected chi connectivity index (χ2v) is 10.6. The van der Waals surface area contributed by atoms with E-state index < -0.39 is 12.0 Å². The van der Waals surface area contributed by atoms with Gasteiger partial charge in [0.15, 0.2) is 0 Å². The summed E-state index contributed by atoms with van der Waals surface area (Å²) in [5, 5.41) is 16.5. The molecule has 1 aromatic heterocycles. The highest BCUT2D eigenvalue weighted by Gasteiger charge is 2.24. The molecule has 1 fully saturated rings. The Morgan fingerprint density at radius 2 is 1.76 bits per heavy atom. The van der Waals surface area contributed by atoms with E-state index in [9.17, 15) is 14.7 Å². The van der Waals surface area contributed by atoms with E-state index in [1.165, 1.54) is 18.4 Å². The quantitative estimate of drug-likeness (QED) is 0.239. The number of carbonyl (C=O) groups is 2. The van der Waals surface area contributed by atoms with Gasteiger partial charge in [0.1, 0.15) is 6.04 Å². The summed E-state index contributed by atoms with van der Waals surface area (Å²) >= 11 is 0. The van der Waals surface area contributed by atoms with Gasteiger partial charge < -0.3 is 20.3 Å². The van der Waals surface area contributed by atoms with Crippen molar-refractivity contribution < 1.29 is 14.7 Å². The predicted molar refractivity (Wildman–Crippen MR) is 152 cm³/mol. The number of hydrogen-bond donors (Lipinski definition) is 3. The maximum Gasteiger partial charge on any atom is 0.325 e. The van der Waals surface area contributed by atoms with E-state index in [2.05, 4.69) is 53.3 Å². The van der Waals surface area contributed by atoms with Crippen LogP contribution in [0.25, 0.3) is 10.9 Å². The average molecular weight is 510 g/mol. The van der Waals surface area contributed by atoms with Crippen LogP contribution in [0, 0.1) is 13.8 Å². The summed E-state index contributed by atoms with van der Waals surface area (Å²) < 4.78 is 2.25. The maximum absolute atomic E-state index is 13.2. The van der Waals surface area contributed by atoms with Crippen molar-refractivity contribution in [3.8, 4) is 0 Å². The molecular weight excluding hydrogens is 474 g/mol. The van der Waals surface area contributed by atoms with Gasteiger partial charge in [-0.3, -0.25) is 9.59 Å². The monoisotopic (exact) mass is 509 g/mol. The fourth-order valence-corrected chi connectivity index (χ4v) is 5.11. The van der Waals surface area contributed by atoms with Crippen LogP contribution >= 0.6 is 0 Å². The first kappa shape index (κ1) is 25.6. The Morgan fingerprint density at radius 1 is 1.00 bits per heavy atom. The Bertz CT molecular complexity index is 1520. The molecule has 0 saturated heterocycles. The molecule has 0 aliphatic heterocycles. The number of nitrogens with one attached hydrogen (secondary N) is 2. The number of amides is 1. The van der Waals surface area contributed by atoms with Crippen LogP contribution in [0.2, 0.25) is 0 Å². The highest BCUT2D eigenvalue weighted by Crippen LogP contribution is 2.40. The van der Waals surface area contributed by atoms with Gasteiger partial charge in [-0.1, -0.05) is 36.4 Å². The van der Waals surface area contributed by atoms with Crippen LogP contribution in [0.1, 0.15) is 77.0 Å². The van der Waals surface area contributed by atoms with Crippen LogP contribution in [0.3, 0.4) is 0 Å². The number of rotatable bonds is 9. The molecule has 0 spiro atoms. The van der Waals surface area contributed by atoms with Gasteiger partial charge in [-0.05, 0) is 99.0 Å². The van der Waals surface area contributed by atoms with Crippen LogP contribution in [0.4, 0.5) is 5.69 Å². The van der Waals surface area contributed by atoms with Gasteiger partial charge in [0.25, 0.3) is 5.91 Å². The van der Waals surface area contributed by atoms with Crippen molar-refractivity contribution >= 4 is 28.5 Å². The molecule has 4 aromatic rings. The molecule has 2 unspecified atom stereocenters.